The third-order valence-corrected chi connectivity index (χ3v) is 1.95. The van der Waals surface area contributed by atoms with Gasteiger partial charge in [-0.3, -0.25) is 4.79 Å². The van der Waals surface area contributed by atoms with E-state index < -0.39 is 53.3 Å². The van der Waals surface area contributed by atoms with Gasteiger partial charge in [0.1, 0.15) is 6.10 Å². The standard InChI is InChI=1S/C10H7F5O3/c1-3(2-4(16)17)18-10-8(14)6(12)5(11)7(13)9(10)15/h3H,2H2,1H3,(H,16,17)/t3-/m1/s1. The number of benzene rings is 1. The molecule has 0 aliphatic heterocycles. The molecule has 0 bridgehead atoms. The van der Waals surface area contributed by atoms with Crippen molar-refractivity contribution in [3.63, 3.8) is 0 Å². The zero-order valence-corrected chi connectivity index (χ0v) is 8.94. The summed E-state index contributed by atoms with van der Waals surface area (Å²) < 4.78 is 68.8. The van der Waals surface area contributed by atoms with Crippen LogP contribution in [0.25, 0.3) is 0 Å². The maximum absolute atomic E-state index is 13.1. The van der Waals surface area contributed by atoms with Gasteiger partial charge >= 0.3 is 5.97 Å². The van der Waals surface area contributed by atoms with Gasteiger partial charge in [-0.1, -0.05) is 0 Å². The Hall–Kier alpha value is -1.86. The number of hydrogen-bond acceptors (Lipinski definition) is 2. The average molecular weight is 270 g/mol. The van der Waals surface area contributed by atoms with Gasteiger partial charge in [-0.05, 0) is 6.92 Å². The molecule has 0 aromatic heterocycles. The van der Waals surface area contributed by atoms with Crippen molar-refractivity contribution < 1.29 is 36.6 Å². The summed E-state index contributed by atoms with van der Waals surface area (Å²) in [4.78, 5) is 10.3. The van der Waals surface area contributed by atoms with Crippen LogP contribution in [-0.2, 0) is 4.79 Å². The number of ether oxygens (including phenoxy) is 1. The van der Waals surface area contributed by atoms with Crippen molar-refractivity contribution in [3.8, 4) is 5.75 Å². The second-order valence-corrected chi connectivity index (χ2v) is 3.43. The minimum absolute atomic E-state index is 0.653. The molecule has 0 saturated heterocycles. The highest BCUT2D eigenvalue weighted by molar-refractivity contribution is 5.67. The number of carboxylic acid groups (broad SMARTS) is 1. The monoisotopic (exact) mass is 270 g/mol. The Kier molecular flexibility index (Phi) is 4.10. The Bertz CT molecular complexity index is 460. The van der Waals surface area contributed by atoms with Crippen molar-refractivity contribution in [1.29, 1.82) is 0 Å². The molecule has 0 aliphatic rings. The molecule has 0 heterocycles. The molecule has 1 aromatic carbocycles. The van der Waals surface area contributed by atoms with Crippen LogP contribution in [0.5, 0.6) is 5.75 Å². The van der Waals surface area contributed by atoms with E-state index in [-0.39, 0.29) is 0 Å². The highest BCUT2D eigenvalue weighted by Gasteiger charge is 2.28. The smallest absolute Gasteiger partial charge is 0.307 e. The van der Waals surface area contributed by atoms with Crippen LogP contribution >= 0.6 is 0 Å². The van der Waals surface area contributed by atoms with E-state index in [2.05, 4.69) is 4.74 Å². The molecule has 1 aromatic rings. The Morgan fingerprint density at radius 2 is 1.44 bits per heavy atom. The fraction of sp³-hybridized carbons (Fsp3) is 0.300. The van der Waals surface area contributed by atoms with Gasteiger partial charge < -0.3 is 9.84 Å². The molecule has 0 unspecified atom stereocenters. The summed E-state index contributed by atoms with van der Waals surface area (Å²) >= 11 is 0. The van der Waals surface area contributed by atoms with Gasteiger partial charge in [0, 0.05) is 0 Å². The molecule has 1 rings (SSSR count). The second kappa shape index (κ2) is 5.19. The van der Waals surface area contributed by atoms with E-state index in [0.29, 0.717) is 0 Å². The van der Waals surface area contributed by atoms with Crippen LogP contribution < -0.4 is 4.74 Å². The third kappa shape index (κ3) is 2.69. The summed E-state index contributed by atoms with van der Waals surface area (Å²) in [6, 6.07) is 0. The van der Waals surface area contributed by atoms with Crippen molar-refractivity contribution in [2.45, 2.75) is 19.4 Å². The first-order valence-electron chi connectivity index (χ1n) is 4.65. The summed E-state index contributed by atoms with van der Waals surface area (Å²) in [7, 11) is 0. The third-order valence-electron chi connectivity index (χ3n) is 1.95. The fourth-order valence-electron chi connectivity index (χ4n) is 1.18. The quantitative estimate of drug-likeness (QED) is 0.519. The lowest BCUT2D eigenvalue weighted by Gasteiger charge is -2.14. The number of rotatable bonds is 4. The lowest BCUT2D eigenvalue weighted by Crippen LogP contribution is -2.19. The van der Waals surface area contributed by atoms with Crippen LogP contribution in [0.1, 0.15) is 13.3 Å². The van der Waals surface area contributed by atoms with E-state index in [1.165, 1.54) is 0 Å². The Morgan fingerprint density at radius 1 is 1.06 bits per heavy atom. The number of aliphatic carboxylic acids is 1. The number of halogens is 5. The maximum Gasteiger partial charge on any atom is 0.307 e. The van der Waals surface area contributed by atoms with Gasteiger partial charge in [0.2, 0.25) is 29.1 Å². The lowest BCUT2D eigenvalue weighted by atomic mass is 10.2. The predicted molar refractivity (Wildman–Crippen MR) is 48.6 cm³/mol. The first-order chi connectivity index (χ1) is 8.25. The van der Waals surface area contributed by atoms with E-state index in [1.807, 2.05) is 0 Å². The van der Waals surface area contributed by atoms with E-state index in [4.69, 9.17) is 5.11 Å². The highest BCUT2D eigenvalue weighted by atomic mass is 19.2. The molecule has 0 saturated carbocycles. The normalized spacial score (nSPS) is 12.3. The minimum atomic E-state index is -2.30. The fourth-order valence-corrected chi connectivity index (χ4v) is 1.18. The predicted octanol–water partition coefficient (Wildman–Crippen LogP) is 2.62. The minimum Gasteiger partial charge on any atom is -0.484 e. The molecule has 0 amide bonds. The summed E-state index contributed by atoms with van der Waals surface area (Å²) in [5.74, 6) is -13.7. The molecule has 0 spiro atoms. The molecule has 0 fully saturated rings. The Labute approximate surface area is 97.8 Å². The van der Waals surface area contributed by atoms with E-state index in [1.54, 1.807) is 0 Å². The van der Waals surface area contributed by atoms with Crippen molar-refractivity contribution in [2.75, 3.05) is 0 Å². The van der Waals surface area contributed by atoms with E-state index >= 15 is 0 Å². The van der Waals surface area contributed by atoms with E-state index in [9.17, 15) is 26.7 Å². The topological polar surface area (TPSA) is 46.5 Å². The highest BCUT2D eigenvalue weighted by Crippen LogP contribution is 2.30. The molecule has 18 heavy (non-hydrogen) atoms. The van der Waals surface area contributed by atoms with Crippen molar-refractivity contribution in [3.05, 3.63) is 29.1 Å². The number of hydrogen-bond donors (Lipinski definition) is 1. The second-order valence-electron chi connectivity index (χ2n) is 3.43. The van der Waals surface area contributed by atoms with Crippen molar-refractivity contribution in [2.24, 2.45) is 0 Å². The Morgan fingerprint density at radius 3 is 1.83 bits per heavy atom. The molecule has 1 N–H and O–H groups in total. The van der Waals surface area contributed by atoms with Gasteiger partial charge in [-0.2, -0.15) is 8.78 Å². The van der Waals surface area contributed by atoms with Gasteiger partial charge in [-0.15, -0.1) is 0 Å². The molecular weight excluding hydrogens is 263 g/mol. The molecule has 1 atom stereocenters. The zero-order valence-electron chi connectivity index (χ0n) is 8.94. The number of carbonyl (C=O) groups is 1. The van der Waals surface area contributed by atoms with Crippen LogP contribution in [0, 0.1) is 29.1 Å². The van der Waals surface area contributed by atoms with Crippen LogP contribution in [0.2, 0.25) is 0 Å². The van der Waals surface area contributed by atoms with Crippen molar-refractivity contribution >= 4 is 5.97 Å². The first-order valence-corrected chi connectivity index (χ1v) is 4.65. The van der Waals surface area contributed by atoms with Crippen LogP contribution in [0.4, 0.5) is 22.0 Å². The SMILES string of the molecule is C[C@H](CC(=O)O)Oc1c(F)c(F)c(F)c(F)c1F. The molecule has 8 heteroatoms. The maximum atomic E-state index is 13.1. The zero-order chi connectivity index (χ0) is 14.0. The molecule has 3 nitrogen and oxygen atoms in total. The van der Waals surface area contributed by atoms with Crippen LogP contribution in [-0.4, -0.2) is 17.2 Å². The summed E-state index contributed by atoms with van der Waals surface area (Å²) in [5, 5.41) is 8.38. The largest absolute Gasteiger partial charge is 0.484 e. The molecule has 0 aliphatic carbocycles. The first kappa shape index (κ1) is 14.2. The summed E-state index contributed by atoms with van der Waals surface area (Å²) in [6.45, 7) is 1.12. The lowest BCUT2D eigenvalue weighted by molar-refractivity contribution is -0.138. The van der Waals surface area contributed by atoms with Crippen molar-refractivity contribution in [1.82, 2.24) is 0 Å². The van der Waals surface area contributed by atoms with Crippen LogP contribution in [0.15, 0.2) is 0 Å². The molecule has 100 valence electrons. The van der Waals surface area contributed by atoms with Gasteiger partial charge in [0.25, 0.3) is 0 Å². The Balaban J connectivity index is 3.13. The molecular formula is C10H7F5O3. The average Bonchev–Trinajstić information content (AvgIpc) is 2.29. The number of carboxylic acids is 1. The molecule has 0 radical (unpaired) electrons. The van der Waals surface area contributed by atoms with Gasteiger partial charge in [0.15, 0.2) is 5.75 Å². The van der Waals surface area contributed by atoms with Gasteiger partial charge in [0.05, 0.1) is 6.42 Å². The van der Waals surface area contributed by atoms with Crippen LogP contribution in [0.3, 0.4) is 0 Å². The summed E-state index contributed by atoms with van der Waals surface area (Å²) in [6.07, 6.45) is -1.91. The van der Waals surface area contributed by atoms with Gasteiger partial charge in [-0.25, -0.2) is 13.2 Å². The van der Waals surface area contributed by atoms with E-state index in [0.717, 1.165) is 6.92 Å². The summed E-state index contributed by atoms with van der Waals surface area (Å²) in [5.41, 5.74) is 0.